The lowest BCUT2D eigenvalue weighted by Crippen LogP contribution is -2.24. The van der Waals surface area contributed by atoms with Crippen LogP contribution in [0.15, 0.2) is 4.52 Å². The van der Waals surface area contributed by atoms with E-state index in [1.807, 2.05) is 0 Å². The van der Waals surface area contributed by atoms with Crippen molar-refractivity contribution < 1.29 is 12.9 Å². The van der Waals surface area contributed by atoms with E-state index in [1.54, 1.807) is 6.92 Å². The third-order valence-electron chi connectivity index (χ3n) is 3.91. The van der Waals surface area contributed by atoms with Crippen molar-refractivity contribution in [2.45, 2.75) is 50.3 Å². The van der Waals surface area contributed by atoms with Crippen molar-refractivity contribution in [2.75, 3.05) is 6.26 Å². The van der Waals surface area contributed by atoms with Crippen LogP contribution in [0.3, 0.4) is 0 Å². The molecule has 19 heavy (non-hydrogen) atoms. The molecule has 2 N–H and O–H groups in total. The minimum Gasteiger partial charge on any atom is -0.338 e. The van der Waals surface area contributed by atoms with Gasteiger partial charge in [0, 0.05) is 6.26 Å². The molecule has 2 unspecified atom stereocenters. The predicted molar refractivity (Wildman–Crippen MR) is 71.1 cm³/mol. The van der Waals surface area contributed by atoms with Gasteiger partial charge >= 0.3 is 0 Å². The standard InChI is InChI=1S/C12H21N3O3S/c1-8(19(2,16)17)11-14-12(18-15-11)10(13)9-6-4-3-5-7-9/h8-10H,3-7,13H2,1-2H3. The van der Waals surface area contributed by atoms with Gasteiger partial charge in [0.05, 0.1) is 6.04 Å². The van der Waals surface area contributed by atoms with Crippen LogP contribution in [0, 0.1) is 5.92 Å². The Morgan fingerprint density at radius 3 is 2.53 bits per heavy atom. The lowest BCUT2D eigenvalue weighted by molar-refractivity contribution is 0.255. The molecule has 7 heteroatoms. The average molecular weight is 287 g/mol. The number of sulfone groups is 1. The van der Waals surface area contributed by atoms with Gasteiger partial charge in [0.2, 0.25) is 5.89 Å². The Balaban J connectivity index is 2.12. The predicted octanol–water partition coefficient (Wildman–Crippen LogP) is 1.76. The van der Waals surface area contributed by atoms with Crippen molar-refractivity contribution >= 4 is 9.84 Å². The first-order valence-corrected chi connectivity index (χ1v) is 8.63. The topological polar surface area (TPSA) is 99.1 Å². The Morgan fingerprint density at radius 2 is 1.95 bits per heavy atom. The van der Waals surface area contributed by atoms with Gasteiger partial charge in [-0.25, -0.2) is 8.42 Å². The van der Waals surface area contributed by atoms with Crippen LogP contribution in [-0.4, -0.2) is 24.8 Å². The van der Waals surface area contributed by atoms with Crippen molar-refractivity contribution in [1.82, 2.24) is 10.1 Å². The monoisotopic (exact) mass is 287 g/mol. The molecule has 108 valence electrons. The highest BCUT2D eigenvalue weighted by atomic mass is 32.2. The summed E-state index contributed by atoms with van der Waals surface area (Å²) in [6.45, 7) is 1.55. The lowest BCUT2D eigenvalue weighted by Gasteiger charge is -2.24. The summed E-state index contributed by atoms with van der Waals surface area (Å²) < 4.78 is 28.1. The summed E-state index contributed by atoms with van der Waals surface area (Å²) >= 11 is 0. The fourth-order valence-electron chi connectivity index (χ4n) is 2.43. The van der Waals surface area contributed by atoms with E-state index in [2.05, 4.69) is 10.1 Å². The fourth-order valence-corrected chi connectivity index (χ4v) is 2.91. The van der Waals surface area contributed by atoms with Gasteiger partial charge in [0.1, 0.15) is 5.25 Å². The van der Waals surface area contributed by atoms with Crippen LogP contribution < -0.4 is 5.73 Å². The van der Waals surface area contributed by atoms with E-state index in [1.165, 1.54) is 19.3 Å². The minimum absolute atomic E-state index is 0.198. The van der Waals surface area contributed by atoms with Gasteiger partial charge in [-0.1, -0.05) is 24.4 Å². The maximum absolute atomic E-state index is 11.5. The number of nitrogens with two attached hydrogens (primary N) is 1. The molecule has 1 saturated carbocycles. The minimum atomic E-state index is -3.22. The molecule has 2 rings (SSSR count). The molecule has 1 aliphatic carbocycles. The first-order valence-electron chi connectivity index (χ1n) is 6.67. The molecule has 0 spiro atoms. The van der Waals surface area contributed by atoms with Gasteiger partial charge in [-0.2, -0.15) is 4.98 Å². The SMILES string of the molecule is CC(c1noc(C(N)C2CCCCC2)n1)S(C)(=O)=O. The molecular formula is C12H21N3O3S. The fraction of sp³-hybridized carbons (Fsp3) is 0.833. The van der Waals surface area contributed by atoms with Crippen molar-refractivity contribution in [3.8, 4) is 0 Å². The second-order valence-electron chi connectivity index (χ2n) is 5.39. The Morgan fingerprint density at radius 1 is 1.32 bits per heavy atom. The van der Waals surface area contributed by atoms with E-state index >= 15 is 0 Å². The lowest BCUT2D eigenvalue weighted by atomic mass is 9.84. The van der Waals surface area contributed by atoms with Crippen LogP contribution in [0.5, 0.6) is 0 Å². The summed E-state index contributed by atoms with van der Waals surface area (Å²) in [6.07, 6.45) is 6.91. The van der Waals surface area contributed by atoms with E-state index in [4.69, 9.17) is 10.3 Å². The molecule has 0 radical (unpaired) electrons. The van der Waals surface area contributed by atoms with Crippen LogP contribution in [0.25, 0.3) is 0 Å². The molecule has 1 aromatic heterocycles. The van der Waals surface area contributed by atoms with Gasteiger partial charge in [-0.15, -0.1) is 0 Å². The average Bonchev–Trinajstić information content (AvgIpc) is 2.86. The number of hydrogen-bond acceptors (Lipinski definition) is 6. The summed E-state index contributed by atoms with van der Waals surface area (Å²) in [4.78, 5) is 4.17. The summed E-state index contributed by atoms with van der Waals surface area (Å²) in [6, 6.07) is -0.284. The molecule has 0 amide bonds. The zero-order valence-electron chi connectivity index (χ0n) is 11.4. The van der Waals surface area contributed by atoms with Gasteiger partial charge in [0.15, 0.2) is 15.7 Å². The van der Waals surface area contributed by atoms with Crippen molar-refractivity contribution in [2.24, 2.45) is 11.7 Å². The Labute approximate surface area is 113 Å². The quantitative estimate of drug-likeness (QED) is 0.905. The molecule has 2 atom stereocenters. The maximum Gasteiger partial charge on any atom is 0.243 e. The largest absolute Gasteiger partial charge is 0.338 e. The molecule has 0 bridgehead atoms. The second-order valence-corrected chi connectivity index (χ2v) is 7.75. The molecular weight excluding hydrogens is 266 g/mol. The molecule has 0 aromatic carbocycles. The molecule has 1 fully saturated rings. The number of hydrogen-bond donors (Lipinski definition) is 1. The van der Waals surface area contributed by atoms with E-state index in [0.717, 1.165) is 19.1 Å². The molecule has 0 saturated heterocycles. The first kappa shape index (κ1) is 14.5. The summed E-state index contributed by atoms with van der Waals surface area (Å²) in [5, 5.41) is 2.99. The van der Waals surface area contributed by atoms with E-state index in [9.17, 15) is 8.42 Å². The highest BCUT2D eigenvalue weighted by Crippen LogP contribution is 2.32. The van der Waals surface area contributed by atoms with E-state index in [-0.39, 0.29) is 11.9 Å². The van der Waals surface area contributed by atoms with Crippen molar-refractivity contribution in [3.63, 3.8) is 0 Å². The maximum atomic E-state index is 11.5. The third kappa shape index (κ3) is 3.33. The smallest absolute Gasteiger partial charge is 0.243 e. The molecule has 1 aliphatic rings. The van der Waals surface area contributed by atoms with Crippen LogP contribution in [0.1, 0.15) is 62.0 Å². The van der Waals surface area contributed by atoms with Crippen LogP contribution in [-0.2, 0) is 9.84 Å². The van der Waals surface area contributed by atoms with Gasteiger partial charge in [0.25, 0.3) is 0 Å². The van der Waals surface area contributed by atoms with Crippen LogP contribution in [0.2, 0.25) is 0 Å². The summed E-state index contributed by atoms with van der Waals surface area (Å²) in [5.74, 6) is 0.914. The number of rotatable bonds is 4. The highest BCUT2D eigenvalue weighted by Gasteiger charge is 2.29. The first-order chi connectivity index (χ1) is 8.89. The zero-order chi connectivity index (χ0) is 14.0. The summed E-state index contributed by atoms with van der Waals surface area (Å²) in [5.41, 5.74) is 6.15. The normalized spacial score (nSPS) is 21.2. The number of nitrogens with zero attached hydrogens (tertiary/aromatic N) is 2. The van der Waals surface area contributed by atoms with Crippen LogP contribution >= 0.6 is 0 Å². The molecule has 0 aliphatic heterocycles. The second kappa shape index (κ2) is 5.58. The summed E-state index contributed by atoms with van der Waals surface area (Å²) in [7, 11) is -3.22. The van der Waals surface area contributed by atoms with E-state index < -0.39 is 15.1 Å². The Hall–Kier alpha value is -0.950. The van der Waals surface area contributed by atoms with Gasteiger partial charge < -0.3 is 10.3 Å². The zero-order valence-corrected chi connectivity index (χ0v) is 12.2. The van der Waals surface area contributed by atoms with Gasteiger partial charge in [-0.3, -0.25) is 0 Å². The molecule has 6 nitrogen and oxygen atoms in total. The third-order valence-corrected chi connectivity index (χ3v) is 5.40. The van der Waals surface area contributed by atoms with Gasteiger partial charge in [-0.05, 0) is 25.7 Å². The van der Waals surface area contributed by atoms with Crippen LogP contribution in [0.4, 0.5) is 0 Å². The highest BCUT2D eigenvalue weighted by molar-refractivity contribution is 7.90. The Bertz CT molecular complexity index is 520. The Kier molecular flexibility index (Phi) is 4.25. The van der Waals surface area contributed by atoms with Crippen molar-refractivity contribution in [1.29, 1.82) is 0 Å². The molecule has 1 heterocycles. The number of aromatic nitrogens is 2. The van der Waals surface area contributed by atoms with Crippen molar-refractivity contribution in [3.05, 3.63) is 11.7 Å². The van der Waals surface area contributed by atoms with E-state index in [0.29, 0.717) is 11.8 Å². The molecule has 1 aromatic rings.